The van der Waals surface area contributed by atoms with Gasteiger partial charge in [0.1, 0.15) is 5.01 Å². The first-order chi connectivity index (χ1) is 12.3. The molecular weight excluding hydrogens is 332 g/mol. The predicted octanol–water partition coefficient (Wildman–Crippen LogP) is 4.64. The van der Waals surface area contributed by atoms with Crippen LogP contribution in [-0.2, 0) is 11.2 Å². The molecule has 1 fully saturated rings. The number of rotatable bonds is 5. The molecule has 2 aromatic heterocycles. The summed E-state index contributed by atoms with van der Waals surface area (Å²) in [6.07, 6.45) is 9.42. The van der Waals surface area contributed by atoms with Gasteiger partial charge in [-0.3, -0.25) is 4.79 Å². The van der Waals surface area contributed by atoms with E-state index < -0.39 is 0 Å². The molecular formula is C19H22N4OS. The Morgan fingerprint density at radius 1 is 1.20 bits per heavy atom. The van der Waals surface area contributed by atoms with Gasteiger partial charge in [0.25, 0.3) is 0 Å². The molecule has 0 atom stereocenters. The van der Waals surface area contributed by atoms with E-state index in [9.17, 15) is 4.79 Å². The first-order valence-corrected chi connectivity index (χ1v) is 9.79. The number of para-hydroxylation sites is 1. The number of hydrogen-bond acceptors (Lipinski definition) is 4. The normalized spacial score (nSPS) is 15.5. The first kappa shape index (κ1) is 16.3. The molecule has 0 spiro atoms. The highest BCUT2D eigenvalue weighted by Gasteiger charge is 2.20. The van der Waals surface area contributed by atoms with Crippen LogP contribution in [-0.4, -0.2) is 21.1 Å². The molecule has 0 unspecified atom stereocenters. The number of nitrogens with one attached hydrogen (secondary N) is 2. The third kappa shape index (κ3) is 3.74. The molecule has 1 amide bonds. The molecule has 130 valence electrons. The monoisotopic (exact) mass is 354 g/mol. The molecule has 1 aromatic carbocycles. The molecule has 0 bridgehead atoms. The van der Waals surface area contributed by atoms with Crippen molar-refractivity contribution < 1.29 is 4.79 Å². The number of fused-ring (bicyclic) bond motifs is 1. The molecule has 1 saturated carbocycles. The molecule has 2 N–H and O–H groups in total. The topological polar surface area (TPSA) is 70.7 Å². The molecule has 0 saturated heterocycles. The van der Waals surface area contributed by atoms with Crippen LogP contribution in [0.4, 0.5) is 5.13 Å². The van der Waals surface area contributed by atoms with Gasteiger partial charge in [-0.1, -0.05) is 48.8 Å². The Labute approximate surface area is 150 Å². The Hall–Kier alpha value is -2.21. The van der Waals surface area contributed by atoms with E-state index in [2.05, 4.69) is 26.6 Å². The SMILES string of the molecule is O=C(CCc1c[nH]c2ccccc12)Nc1nnc(C2CCCCC2)s1. The summed E-state index contributed by atoms with van der Waals surface area (Å²) in [5.74, 6) is 0.528. The average molecular weight is 354 g/mol. The maximum atomic E-state index is 12.2. The average Bonchev–Trinajstić information content (AvgIpc) is 3.28. The second-order valence-corrected chi connectivity index (χ2v) is 7.70. The molecule has 1 aliphatic rings. The number of hydrogen-bond donors (Lipinski definition) is 2. The smallest absolute Gasteiger partial charge is 0.226 e. The quantitative estimate of drug-likeness (QED) is 0.701. The van der Waals surface area contributed by atoms with Crippen molar-refractivity contribution in [3.63, 3.8) is 0 Å². The number of carbonyl (C=O) groups is 1. The summed E-state index contributed by atoms with van der Waals surface area (Å²) in [5.41, 5.74) is 2.28. The van der Waals surface area contributed by atoms with Gasteiger partial charge in [-0.15, -0.1) is 10.2 Å². The van der Waals surface area contributed by atoms with E-state index in [0.717, 1.165) is 10.5 Å². The van der Waals surface area contributed by atoms with Crippen LogP contribution in [0.15, 0.2) is 30.5 Å². The van der Waals surface area contributed by atoms with Gasteiger partial charge >= 0.3 is 0 Å². The number of amides is 1. The van der Waals surface area contributed by atoms with Crippen molar-refractivity contribution in [1.29, 1.82) is 0 Å². The van der Waals surface area contributed by atoms with E-state index in [0.29, 0.717) is 23.9 Å². The van der Waals surface area contributed by atoms with Crippen LogP contribution in [0.3, 0.4) is 0 Å². The third-order valence-electron chi connectivity index (χ3n) is 4.94. The summed E-state index contributed by atoms with van der Waals surface area (Å²) in [6.45, 7) is 0. The minimum absolute atomic E-state index is 0.00312. The van der Waals surface area contributed by atoms with Gasteiger partial charge in [-0.05, 0) is 30.9 Å². The van der Waals surface area contributed by atoms with Crippen LogP contribution < -0.4 is 5.32 Å². The zero-order valence-electron chi connectivity index (χ0n) is 14.1. The van der Waals surface area contributed by atoms with Gasteiger partial charge in [0.15, 0.2) is 0 Å². The van der Waals surface area contributed by atoms with Crippen LogP contribution in [0.1, 0.15) is 55.0 Å². The van der Waals surface area contributed by atoms with E-state index in [-0.39, 0.29) is 5.91 Å². The summed E-state index contributed by atoms with van der Waals surface area (Å²) in [7, 11) is 0. The second kappa shape index (κ2) is 7.35. The number of aromatic nitrogens is 3. The van der Waals surface area contributed by atoms with Gasteiger partial charge in [-0.25, -0.2) is 0 Å². The molecule has 6 heteroatoms. The standard InChI is InChI=1S/C19H22N4OS/c24-17(11-10-14-12-20-16-9-5-4-8-15(14)16)21-19-23-22-18(25-19)13-6-2-1-3-7-13/h4-5,8-9,12-13,20H,1-3,6-7,10-11H2,(H,21,23,24). The highest BCUT2D eigenvalue weighted by atomic mass is 32.1. The number of nitrogens with zero attached hydrogens (tertiary/aromatic N) is 2. The summed E-state index contributed by atoms with van der Waals surface area (Å²) >= 11 is 1.53. The van der Waals surface area contributed by atoms with Crippen molar-refractivity contribution in [3.8, 4) is 0 Å². The minimum Gasteiger partial charge on any atom is -0.361 e. The molecule has 25 heavy (non-hydrogen) atoms. The lowest BCUT2D eigenvalue weighted by molar-refractivity contribution is -0.116. The van der Waals surface area contributed by atoms with E-state index in [1.807, 2.05) is 24.4 Å². The number of carbonyl (C=O) groups excluding carboxylic acids is 1. The Morgan fingerprint density at radius 3 is 2.92 bits per heavy atom. The number of aryl methyl sites for hydroxylation is 1. The summed E-state index contributed by atoms with van der Waals surface area (Å²) in [4.78, 5) is 15.5. The van der Waals surface area contributed by atoms with Gasteiger partial charge in [0.05, 0.1) is 0 Å². The van der Waals surface area contributed by atoms with Gasteiger partial charge in [0, 0.05) is 29.4 Å². The Balaban J connectivity index is 1.34. The van der Waals surface area contributed by atoms with Crippen molar-refractivity contribution in [2.75, 3.05) is 5.32 Å². The summed E-state index contributed by atoms with van der Waals surface area (Å²) in [5, 5.41) is 14.2. The Bertz CT molecular complexity index is 863. The molecule has 3 aromatic rings. The summed E-state index contributed by atoms with van der Waals surface area (Å²) in [6, 6.07) is 8.16. The maximum Gasteiger partial charge on any atom is 0.226 e. The Kier molecular flexibility index (Phi) is 4.78. The lowest BCUT2D eigenvalue weighted by atomic mass is 9.90. The molecule has 5 nitrogen and oxygen atoms in total. The van der Waals surface area contributed by atoms with E-state index in [1.54, 1.807) is 0 Å². The van der Waals surface area contributed by atoms with Gasteiger partial charge in [-0.2, -0.15) is 0 Å². The lowest BCUT2D eigenvalue weighted by Gasteiger charge is -2.18. The number of benzene rings is 1. The maximum absolute atomic E-state index is 12.2. The summed E-state index contributed by atoms with van der Waals surface area (Å²) < 4.78 is 0. The fourth-order valence-electron chi connectivity index (χ4n) is 3.57. The molecule has 2 heterocycles. The van der Waals surface area contributed by atoms with Crippen LogP contribution in [0.2, 0.25) is 0 Å². The van der Waals surface area contributed by atoms with Crippen molar-refractivity contribution >= 4 is 33.3 Å². The molecule has 1 aliphatic carbocycles. The van der Waals surface area contributed by atoms with Crippen LogP contribution in [0.5, 0.6) is 0 Å². The van der Waals surface area contributed by atoms with Crippen molar-refractivity contribution in [1.82, 2.24) is 15.2 Å². The largest absolute Gasteiger partial charge is 0.361 e. The number of aromatic amines is 1. The number of H-pyrrole nitrogens is 1. The van der Waals surface area contributed by atoms with E-state index in [4.69, 9.17) is 0 Å². The zero-order valence-corrected chi connectivity index (χ0v) is 14.9. The van der Waals surface area contributed by atoms with Crippen LogP contribution in [0.25, 0.3) is 10.9 Å². The van der Waals surface area contributed by atoms with Crippen LogP contribution >= 0.6 is 11.3 Å². The van der Waals surface area contributed by atoms with E-state index in [1.165, 1.54) is 54.4 Å². The fourth-order valence-corrected chi connectivity index (χ4v) is 4.50. The zero-order chi connectivity index (χ0) is 17.1. The van der Waals surface area contributed by atoms with Crippen molar-refractivity contribution in [3.05, 3.63) is 41.0 Å². The molecule has 0 radical (unpaired) electrons. The van der Waals surface area contributed by atoms with Crippen LogP contribution in [0, 0.1) is 0 Å². The number of anilines is 1. The highest BCUT2D eigenvalue weighted by molar-refractivity contribution is 7.15. The highest BCUT2D eigenvalue weighted by Crippen LogP contribution is 2.35. The van der Waals surface area contributed by atoms with Crippen molar-refractivity contribution in [2.24, 2.45) is 0 Å². The first-order valence-electron chi connectivity index (χ1n) is 8.98. The lowest BCUT2D eigenvalue weighted by Crippen LogP contribution is -2.12. The minimum atomic E-state index is -0.00312. The predicted molar refractivity (Wildman–Crippen MR) is 101 cm³/mol. The third-order valence-corrected chi connectivity index (χ3v) is 5.94. The van der Waals surface area contributed by atoms with Gasteiger partial charge < -0.3 is 10.3 Å². The van der Waals surface area contributed by atoms with E-state index >= 15 is 0 Å². The fraction of sp³-hybridized carbons (Fsp3) is 0.421. The van der Waals surface area contributed by atoms with Crippen molar-refractivity contribution in [2.45, 2.75) is 50.9 Å². The molecule has 4 rings (SSSR count). The Morgan fingerprint density at radius 2 is 2.04 bits per heavy atom. The van der Waals surface area contributed by atoms with Gasteiger partial charge in [0.2, 0.25) is 11.0 Å². The second-order valence-electron chi connectivity index (χ2n) is 6.69. The molecule has 0 aliphatic heterocycles.